The van der Waals surface area contributed by atoms with Crippen molar-refractivity contribution in [1.82, 2.24) is 4.57 Å². The van der Waals surface area contributed by atoms with Gasteiger partial charge in [0.2, 0.25) is 0 Å². The van der Waals surface area contributed by atoms with E-state index in [0.29, 0.717) is 6.54 Å². The Balaban J connectivity index is 2.33. The van der Waals surface area contributed by atoms with Crippen LogP contribution in [0.2, 0.25) is 0 Å². The van der Waals surface area contributed by atoms with Crippen molar-refractivity contribution >= 4 is 22.7 Å². The Kier molecular flexibility index (Phi) is 5.68. The van der Waals surface area contributed by atoms with Crippen molar-refractivity contribution in [3.8, 4) is 0 Å². The van der Waals surface area contributed by atoms with E-state index in [0.717, 1.165) is 35.0 Å². The van der Waals surface area contributed by atoms with Gasteiger partial charge in [0.05, 0.1) is 11.1 Å². The Bertz CT molecular complexity index is 1040. The van der Waals surface area contributed by atoms with Gasteiger partial charge in [0, 0.05) is 29.1 Å². The van der Waals surface area contributed by atoms with Gasteiger partial charge >= 0.3 is 5.97 Å². The van der Waals surface area contributed by atoms with Gasteiger partial charge in [-0.1, -0.05) is 57.5 Å². The zero-order valence-electron chi connectivity index (χ0n) is 17.0. The Morgan fingerprint density at radius 2 is 1.82 bits per heavy atom. The van der Waals surface area contributed by atoms with Crippen molar-refractivity contribution in [2.75, 3.05) is 0 Å². The number of carboxylic acid groups (broad SMARTS) is 1. The van der Waals surface area contributed by atoms with Gasteiger partial charge in [-0.05, 0) is 36.6 Å². The van der Waals surface area contributed by atoms with Gasteiger partial charge in [-0.15, -0.1) is 0 Å². The van der Waals surface area contributed by atoms with Crippen LogP contribution in [0.15, 0.2) is 42.5 Å². The van der Waals surface area contributed by atoms with Crippen LogP contribution in [0, 0.1) is 12.8 Å². The molecule has 0 aliphatic heterocycles. The number of carbonyl (C=O) groups is 2. The molecule has 0 fully saturated rings. The third-order valence-electron chi connectivity index (χ3n) is 5.27. The van der Waals surface area contributed by atoms with E-state index in [-0.39, 0.29) is 17.3 Å². The van der Waals surface area contributed by atoms with E-state index in [1.807, 2.05) is 26.0 Å². The van der Waals surface area contributed by atoms with Crippen LogP contribution in [-0.2, 0) is 13.0 Å². The van der Waals surface area contributed by atoms with Gasteiger partial charge in [0.25, 0.3) is 0 Å². The van der Waals surface area contributed by atoms with Crippen molar-refractivity contribution in [3.05, 3.63) is 70.4 Å². The fraction of sp³-hybridized carbons (Fsp3) is 0.333. The molecule has 0 radical (unpaired) electrons. The molecule has 0 unspecified atom stereocenters. The molecular formula is C24H27NO3. The predicted octanol–water partition coefficient (Wildman–Crippen LogP) is 5.49. The molecule has 28 heavy (non-hydrogen) atoms. The van der Waals surface area contributed by atoms with E-state index in [1.165, 1.54) is 11.1 Å². The summed E-state index contributed by atoms with van der Waals surface area (Å²) in [7, 11) is 0. The highest BCUT2D eigenvalue weighted by Crippen LogP contribution is 2.31. The summed E-state index contributed by atoms with van der Waals surface area (Å²) >= 11 is 0. The molecule has 4 heteroatoms. The molecule has 1 aromatic heterocycles. The predicted molar refractivity (Wildman–Crippen MR) is 112 cm³/mol. The monoisotopic (exact) mass is 377 g/mol. The summed E-state index contributed by atoms with van der Waals surface area (Å²) in [5.41, 5.74) is 5.15. The minimum Gasteiger partial charge on any atom is -0.478 e. The topological polar surface area (TPSA) is 59.3 Å². The van der Waals surface area contributed by atoms with E-state index < -0.39 is 5.97 Å². The quantitative estimate of drug-likeness (QED) is 0.554. The summed E-state index contributed by atoms with van der Waals surface area (Å²) in [4.78, 5) is 24.6. The van der Waals surface area contributed by atoms with E-state index in [2.05, 4.69) is 30.5 Å². The Hall–Kier alpha value is -2.88. The van der Waals surface area contributed by atoms with Crippen LogP contribution in [0.3, 0.4) is 0 Å². The first-order valence-corrected chi connectivity index (χ1v) is 9.82. The maximum atomic E-state index is 13.1. The second kappa shape index (κ2) is 8.01. The maximum Gasteiger partial charge on any atom is 0.335 e. The molecule has 0 aliphatic carbocycles. The fourth-order valence-electron chi connectivity index (χ4n) is 3.73. The van der Waals surface area contributed by atoms with Crippen molar-refractivity contribution in [1.29, 1.82) is 0 Å². The number of carbonyl (C=O) groups excluding carboxylic acids is 1. The van der Waals surface area contributed by atoms with E-state index in [4.69, 9.17) is 0 Å². The number of carboxylic acids is 1. The van der Waals surface area contributed by atoms with Gasteiger partial charge in [-0.2, -0.15) is 0 Å². The maximum absolute atomic E-state index is 13.1. The van der Waals surface area contributed by atoms with Crippen LogP contribution in [-0.4, -0.2) is 21.4 Å². The van der Waals surface area contributed by atoms with Crippen LogP contribution in [0.1, 0.15) is 64.7 Å². The van der Waals surface area contributed by atoms with Gasteiger partial charge in [-0.3, -0.25) is 4.79 Å². The lowest BCUT2D eigenvalue weighted by atomic mass is 9.96. The average Bonchev–Trinajstić information content (AvgIpc) is 2.95. The van der Waals surface area contributed by atoms with E-state index >= 15 is 0 Å². The summed E-state index contributed by atoms with van der Waals surface area (Å²) < 4.78 is 2.14. The lowest BCUT2D eigenvalue weighted by Crippen LogP contribution is -2.12. The molecule has 3 aromatic rings. The van der Waals surface area contributed by atoms with Crippen molar-refractivity contribution in [2.24, 2.45) is 5.92 Å². The highest BCUT2D eigenvalue weighted by molar-refractivity contribution is 6.11. The highest BCUT2D eigenvalue weighted by Gasteiger charge is 2.24. The minimum atomic E-state index is -0.959. The van der Waals surface area contributed by atoms with Crippen LogP contribution < -0.4 is 0 Å². The molecule has 1 N–H and O–H groups in total. The molecular weight excluding hydrogens is 350 g/mol. The second-order valence-electron chi connectivity index (χ2n) is 7.64. The van der Waals surface area contributed by atoms with Crippen molar-refractivity contribution in [3.63, 3.8) is 0 Å². The van der Waals surface area contributed by atoms with Crippen LogP contribution in [0.4, 0.5) is 0 Å². The molecule has 1 heterocycles. The van der Waals surface area contributed by atoms with Crippen LogP contribution in [0.5, 0.6) is 0 Å². The SMILES string of the molecule is CCCc1c(C(=O)C(C)C)c2ccc(C(=O)O)cc2n1Cc1ccccc1C. The molecule has 0 saturated carbocycles. The number of rotatable bonds is 7. The zero-order valence-corrected chi connectivity index (χ0v) is 17.0. The number of Topliss-reactive ketones (excluding diaryl/α,β-unsaturated/α-hetero) is 1. The number of hydrogen-bond donors (Lipinski definition) is 1. The van der Waals surface area contributed by atoms with E-state index in [9.17, 15) is 14.7 Å². The summed E-state index contributed by atoms with van der Waals surface area (Å²) in [6.07, 6.45) is 1.69. The molecule has 0 bridgehead atoms. The standard InChI is InChI=1S/C24H27NO3/c1-5-8-20-22(23(26)15(2)3)19-12-11-17(24(27)28)13-21(19)25(20)14-18-10-7-6-9-16(18)4/h6-7,9-13,15H,5,8,14H2,1-4H3,(H,27,28). The number of nitrogens with zero attached hydrogens (tertiary/aromatic N) is 1. The zero-order chi connectivity index (χ0) is 20.4. The van der Waals surface area contributed by atoms with Crippen LogP contribution >= 0.6 is 0 Å². The largest absolute Gasteiger partial charge is 0.478 e. The average molecular weight is 377 g/mol. The molecule has 146 valence electrons. The molecule has 0 aliphatic rings. The number of ketones is 1. The first kappa shape index (κ1) is 19.9. The van der Waals surface area contributed by atoms with Gasteiger partial charge in [0.15, 0.2) is 5.78 Å². The van der Waals surface area contributed by atoms with Crippen molar-refractivity contribution < 1.29 is 14.7 Å². The molecule has 0 amide bonds. The van der Waals surface area contributed by atoms with Gasteiger partial charge in [0.1, 0.15) is 0 Å². The number of aromatic carboxylic acids is 1. The molecule has 0 saturated heterocycles. The molecule has 4 nitrogen and oxygen atoms in total. The van der Waals surface area contributed by atoms with Gasteiger partial charge < -0.3 is 9.67 Å². The van der Waals surface area contributed by atoms with E-state index in [1.54, 1.807) is 18.2 Å². The summed E-state index contributed by atoms with van der Waals surface area (Å²) in [5.74, 6) is -0.966. The summed E-state index contributed by atoms with van der Waals surface area (Å²) in [6, 6.07) is 13.3. The lowest BCUT2D eigenvalue weighted by molar-refractivity contribution is 0.0696. The van der Waals surface area contributed by atoms with Gasteiger partial charge in [-0.25, -0.2) is 4.79 Å². The second-order valence-corrected chi connectivity index (χ2v) is 7.64. The Morgan fingerprint density at radius 1 is 1.11 bits per heavy atom. The summed E-state index contributed by atoms with van der Waals surface area (Å²) in [6.45, 7) is 8.61. The lowest BCUT2D eigenvalue weighted by Gasteiger charge is -2.14. The smallest absolute Gasteiger partial charge is 0.335 e. The normalized spacial score (nSPS) is 11.3. The minimum absolute atomic E-state index is 0.111. The van der Waals surface area contributed by atoms with Crippen molar-refractivity contribution in [2.45, 2.75) is 47.1 Å². The molecule has 0 atom stereocenters. The third-order valence-corrected chi connectivity index (χ3v) is 5.27. The highest BCUT2D eigenvalue weighted by atomic mass is 16.4. The fourth-order valence-corrected chi connectivity index (χ4v) is 3.73. The molecule has 3 rings (SSSR count). The van der Waals surface area contributed by atoms with Crippen LogP contribution in [0.25, 0.3) is 10.9 Å². The third kappa shape index (κ3) is 3.59. The number of benzene rings is 2. The Morgan fingerprint density at radius 3 is 2.43 bits per heavy atom. The number of fused-ring (bicyclic) bond motifs is 1. The first-order valence-electron chi connectivity index (χ1n) is 9.82. The summed E-state index contributed by atoms with van der Waals surface area (Å²) in [5, 5.41) is 10.3. The Labute approximate surface area is 165 Å². The molecule has 2 aromatic carbocycles. The molecule has 0 spiro atoms. The number of aryl methyl sites for hydroxylation is 1. The number of aromatic nitrogens is 1. The first-order chi connectivity index (χ1) is 13.3. The number of hydrogen-bond acceptors (Lipinski definition) is 2.